The van der Waals surface area contributed by atoms with E-state index in [0.717, 1.165) is 17.4 Å². The Balaban J connectivity index is 2.53. The van der Waals surface area contributed by atoms with E-state index < -0.39 is 0 Å². The van der Waals surface area contributed by atoms with Crippen LogP contribution in [0.4, 0.5) is 0 Å². The highest BCUT2D eigenvalue weighted by atomic mass is 79.9. The molecule has 0 radical (unpaired) electrons. The average molecular weight is 298 g/mol. The molecule has 1 unspecified atom stereocenters. The van der Waals surface area contributed by atoms with Gasteiger partial charge in [0.15, 0.2) is 0 Å². The van der Waals surface area contributed by atoms with Crippen LogP contribution in [-0.4, -0.2) is 17.8 Å². The van der Waals surface area contributed by atoms with E-state index in [9.17, 15) is 4.79 Å². The van der Waals surface area contributed by atoms with Crippen LogP contribution in [0, 0.1) is 19.8 Å². The van der Waals surface area contributed by atoms with Gasteiger partial charge in [-0.1, -0.05) is 46.6 Å². The summed E-state index contributed by atoms with van der Waals surface area (Å²) in [5, 5.41) is 3.87. The molecule has 0 aliphatic carbocycles. The van der Waals surface area contributed by atoms with Crippen molar-refractivity contribution in [2.24, 2.45) is 5.92 Å². The quantitative estimate of drug-likeness (QED) is 0.832. The van der Waals surface area contributed by atoms with Gasteiger partial charge in [-0.2, -0.15) is 0 Å². The molecule has 3 heteroatoms. The van der Waals surface area contributed by atoms with Crippen LogP contribution in [0.1, 0.15) is 23.6 Å². The van der Waals surface area contributed by atoms with Crippen LogP contribution < -0.4 is 5.32 Å². The number of amides is 1. The predicted molar refractivity (Wildman–Crippen MR) is 75.6 cm³/mol. The molecule has 0 saturated heterocycles. The lowest BCUT2D eigenvalue weighted by atomic mass is 10.0. The van der Waals surface area contributed by atoms with Crippen LogP contribution in [0.3, 0.4) is 0 Å². The third-order valence-corrected chi connectivity index (χ3v) is 3.87. The monoisotopic (exact) mass is 297 g/mol. The van der Waals surface area contributed by atoms with E-state index in [2.05, 4.69) is 46.4 Å². The molecule has 0 spiro atoms. The molecule has 2 nitrogen and oxygen atoms in total. The summed E-state index contributed by atoms with van der Waals surface area (Å²) in [4.78, 5) is 11.8. The standard InChI is InChI=1S/C14H20BrNO/c1-10-4-5-12(3)13(6-10)7-14(17)16-9-11(2)8-15/h4-6,11H,7-9H2,1-3H3,(H,16,17). The number of nitrogens with one attached hydrogen (secondary N) is 1. The van der Waals surface area contributed by atoms with E-state index in [1.807, 2.05) is 13.8 Å². The van der Waals surface area contributed by atoms with Crippen molar-refractivity contribution in [2.45, 2.75) is 27.2 Å². The van der Waals surface area contributed by atoms with Crippen LogP contribution in [0.2, 0.25) is 0 Å². The van der Waals surface area contributed by atoms with Gasteiger partial charge in [0.1, 0.15) is 0 Å². The largest absolute Gasteiger partial charge is 0.356 e. The third kappa shape index (κ3) is 4.90. The summed E-state index contributed by atoms with van der Waals surface area (Å²) in [6.45, 7) is 6.93. The first-order valence-electron chi connectivity index (χ1n) is 5.91. The molecule has 1 N–H and O–H groups in total. The first-order valence-corrected chi connectivity index (χ1v) is 7.04. The molecule has 1 atom stereocenters. The van der Waals surface area contributed by atoms with Crippen molar-refractivity contribution in [3.63, 3.8) is 0 Å². The highest BCUT2D eigenvalue weighted by Crippen LogP contribution is 2.11. The van der Waals surface area contributed by atoms with Gasteiger partial charge in [-0.25, -0.2) is 0 Å². The first kappa shape index (κ1) is 14.2. The fourth-order valence-electron chi connectivity index (χ4n) is 1.57. The van der Waals surface area contributed by atoms with Gasteiger partial charge >= 0.3 is 0 Å². The van der Waals surface area contributed by atoms with E-state index in [0.29, 0.717) is 12.3 Å². The number of hydrogen-bond acceptors (Lipinski definition) is 1. The van der Waals surface area contributed by atoms with Gasteiger partial charge in [0.2, 0.25) is 5.91 Å². The number of rotatable bonds is 5. The van der Waals surface area contributed by atoms with Crippen molar-refractivity contribution in [3.05, 3.63) is 34.9 Å². The molecular formula is C14H20BrNO. The molecule has 0 aliphatic rings. The van der Waals surface area contributed by atoms with Gasteiger partial charge in [-0.05, 0) is 30.9 Å². The van der Waals surface area contributed by atoms with Crippen LogP contribution in [-0.2, 0) is 11.2 Å². The Hall–Kier alpha value is -0.830. The number of halogens is 1. The molecule has 1 aromatic carbocycles. The SMILES string of the molecule is Cc1ccc(C)c(CC(=O)NCC(C)CBr)c1. The lowest BCUT2D eigenvalue weighted by Gasteiger charge is -2.11. The van der Waals surface area contributed by atoms with Crippen molar-refractivity contribution >= 4 is 21.8 Å². The van der Waals surface area contributed by atoms with Gasteiger partial charge in [0.05, 0.1) is 6.42 Å². The number of carbonyl (C=O) groups is 1. The van der Waals surface area contributed by atoms with Crippen LogP contribution in [0.5, 0.6) is 0 Å². The zero-order chi connectivity index (χ0) is 12.8. The summed E-state index contributed by atoms with van der Waals surface area (Å²) < 4.78 is 0. The van der Waals surface area contributed by atoms with Crippen molar-refractivity contribution in [3.8, 4) is 0 Å². The van der Waals surface area contributed by atoms with Gasteiger partial charge < -0.3 is 5.32 Å². The topological polar surface area (TPSA) is 29.1 Å². The van der Waals surface area contributed by atoms with E-state index in [1.54, 1.807) is 0 Å². The van der Waals surface area contributed by atoms with E-state index in [1.165, 1.54) is 11.1 Å². The second kappa shape index (κ2) is 6.80. The molecule has 17 heavy (non-hydrogen) atoms. The molecule has 0 saturated carbocycles. The zero-order valence-corrected chi connectivity index (χ0v) is 12.3. The summed E-state index contributed by atoms with van der Waals surface area (Å²) in [7, 11) is 0. The maximum atomic E-state index is 11.8. The first-order chi connectivity index (χ1) is 8.02. The summed E-state index contributed by atoms with van der Waals surface area (Å²) >= 11 is 3.40. The minimum absolute atomic E-state index is 0.103. The van der Waals surface area contributed by atoms with E-state index in [-0.39, 0.29) is 5.91 Å². The molecule has 0 aromatic heterocycles. The summed E-state index contributed by atoms with van der Waals surface area (Å²) in [6, 6.07) is 6.23. The summed E-state index contributed by atoms with van der Waals surface area (Å²) in [6.07, 6.45) is 0.475. The maximum Gasteiger partial charge on any atom is 0.224 e. The molecule has 94 valence electrons. The number of benzene rings is 1. The predicted octanol–water partition coefficient (Wildman–Crippen LogP) is 2.99. The second-order valence-electron chi connectivity index (χ2n) is 4.67. The Morgan fingerprint density at radius 3 is 2.76 bits per heavy atom. The molecule has 1 rings (SSSR count). The minimum Gasteiger partial charge on any atom is -0.356 e. The summed E-state index contributed by atoms with van der Waals surface area (Å²) in [5.74, 6) is 0.573. The smallest absolute Gasteiger partial charge is 0.224 e. The molecule has 0 bridgehead atoms. The fraction of sp³-hybridized carbons (Fsp3) is 0.500. The van der Waals surface area contributed by atoms with Crippen molar-refractivity contribution in [1.82, 2.24) is 5.32 Å². The van der Waals surface area contributed by atoms with Gasteiger partial charge in [0, 0.05) is 11.9 Å². The number of hydrogen-bond donors (Lipinski definition) is 1. The second-order valence-corrected chi connectivity index (χ2v) is 5.32. The van der Waals surface area contributed by atoms with E-state index in [4.69, 9.17) is 0 Å². The highest BCUT2D eigenvalue weighted by molar-refractivity contribution is 9.09. The van der Waals surface area contributed by atoms with E-state index >= 15 is 0 Å². The number of alkyl halides is 1. The normalized spacial score (nSPS) is 12.2. The lowest BCUT2D eigenvalue weighted by molar-refractivity contribution is -0.120. The minimum atomic E-state index is 0.103. The number of carbonyl (C=O) groups excluding carboxylic acids is 1. The van der Waals surface area contributed by atoms with Gasteiger partial charge in [0.25, 0.3) is 0 Å². The molecule has 1 aromatic rings. The highest BCUT2D eigenvalue weighted by Gasteiger charge is 2.07. The molecule has 1 amide bonds. The lowest BCUT2D eigenvalue weighted by Crippen LogP contribution is -2.30. The molecule has 0 heterocycles. The Bertz CT molecular complexity index is 390. The Morgan fingerprint density at radius 1 is 1.41 bits per heavy atom. The molecule has 0 fully saturated rings. The fourth-order valence-corrected chi connectivity index (χ4v) is 1.80. The van der Waals surface area contributed by atoms with Crippen LogP contribution >= 0.6 is 15.9 Å². The zero-order valence-electron chi connectivity index (χ0n) is 10.7. The third-order valence-electron chi connectivity index (χ3n) is 2.77. The van der Waals surface area contributed by atoms with Crippen molar-refractivity contribution in [2.75, 3.05) is 11.9 Å². The van der Waals surface area contributed by atoms with Crippen LogP contribution in [0.15, 0.2) is 18.2 Å². The Labute approximate surface area is 112 Å². The van der Waals surface area contributed by atoms with Gasteiger partial charge in [-0.3, -0.25) is 4.79 Å². The number of aryl methyl sites for hydroxylation is 2. The molecule has 0 aliphatic heterocycles. The maximum absolute atomic E-state index is 11.8. The van der Waals surface area contributed by atoms with Gasteiger partial charge in [-0.15, -0.1) is 0 Å². The summed E-state index contributed by atoms with van der Waals surface area (Å²) in [5.41, 5.74) is 3.50. The Morgan fingerprint density at radius 2 is 2.12 bits per heavy atom. The Kier molecular flexibility index (Phi) is 5.69. The van der Waals surface area contributed by atoms with Crippen LogP contribution in [0.25, 0.3) is 0 Å². The van der Waals surface area contributed by atoms with Crippen molar-refractivity contribution < 1.29 is 4.79 Å². The van der Waals surface area contributed by atoms with Crippen molar-refractivity contribution in [1.29, 1.82) is 0 Å². The average Bonchev–Trinajstić information content (AvgIpc) is 2.30. The molecular weight excluding hydrogens is 278 g/mol.